The zero-order valence-corrected chi connectivity index (χ0v) is 13.2. The molecule has 4 rings (SSSR count). The summed E-state index contributed by atoms with van der Waals surface area (Å²) < 4.78 is 38.3. The lowest BCUT2D eigenvalue weighted by Crippen LogP contribution is -2.38. The quantitative estimate of drug-likeness (QED) is 0.656. The van der Waals surface area contributed by atoms with Gasteiger partial charge in [-0.25, -0.2) is 0 Å². The van der Waals surface area contributed by atoms with Gasteiger partial charge in [-0.05, 0) is 55.0 Å². The summed E-state index contributed by atoms with van der Waals surface area (Å²) in [6.07, 6.45) is 0.712. The molecule has 0 spiro atoms. The third kappa shape index (κ3) is 2.45. The van der Waals surface area contributed by atoms with Crippen LogP contribution in [-0.2, 0) is 18.0 Å². The molecule has 0 amide bonds. The summed E-state index contributed by atoms with van der Waals surface area (Å²) in [5.41, 5.74) is 3.69. The Balaban J connectivity index is 1.70. The summed E-state index contributed by atoms with van der Waals surface area (Å²) in [7, 11) is 0. The number of benzene rings is 2. The Hall–Kier alpha value is -2.10. The van der Waals surface area contributed by atoms with Crippen molar-refractivity contribution in [3.05, 3.63) is 65.2 Å². The van der Waals surface area contributed by atoms with Crippen LogP contribution in [0.5, 0.6) is 0 Å². The predicted molar refractivity (Wildman–Crippen MR) is 88.8 cm³/mol. The highest BCUT2D eigenvalue weighted by molar-refractivity contribution is 6.02. The first-order valence-corrected chi connectivity index (χ1v) is 8.33. The van der Waals surface area contributed by atoms with Crippen LogP contribution in [0.4, 0.5) is 18.9 Å². The number of alkyl halides is 3. The molecule has 1 nitrogen and oxygen atoms in total. The molecule has 1 aliphatic heterocycles. The van der Waals surface area contributed by atoms with Crippen molar-refractivity contribution in [2.45, 2.75) is 43.7 Å². The van der Waals surface area contributed by atoms with Gasteiger partial charge in [0.2, 0.25) is 0 Å². The van der Waals surface area contributed by atoms with Crippen molar-refractivity contribution < 1.29 is 13.2 Å². The molecule has 2 aromatic carbocycles. The normalized spacial score (nSPS) is 22.7. The second-order valence-corrected chi connectivity index (χ2v) is 6.74. The van der Waals surface area contributed by atoms with E-state index >= 15 is 0 Å². The lowest BCUT2D eigenvalue weighted by Gasteiger charge is -2.36. The van der Waals surface area contributed by atoms with Gasteiger partial charge in [-0.2, -0.15) is 13.2 Å². The number of aliphatic imine (C=N–C) groups is 1. The number of nitrogens with zero attached hydrogens (tertiary/aromatic N) is 1. The number of hydrogen-bond donors (Lipinski definition) is 0. The number of halogens is 3. The Bertz CT molecular complexity index is 789. The minimum absolute atomic E-state index is 0.130. The molecule has 124 valence electrons. The highest BCUT2D eigenvalue weighted by Gasteiger charge is 2.44. The molecule has 1 fully saturated rings. The highest BCUT2D eigenvalue weighted by Crippen LogP contribution is 2.49. The third-order valence-electron chi connectivity index (χ3n) is 5.28. The Morgan fingerprint density at radius 1 is 0.958 bits per heavy atom. The van der Waals surface area contributed by atoms with Gasteiger partial charge in [-0.3, -0.25) is 4.99 Å². The van der Waals surface area contributed by atoms with Crippen LogP contribution in [0.3, 0.4) is 0 Å². The van der Waals surface area contributed by atoms with Crippen LogP contribution < -0.4 is 0 Å². The first-order valence-electron chi connectivity index (χ1n) is 8.33. The molecule has 0 radical (unpaired) electrons. The topological polar surface area (TPSA) is 12.4 Å². The average Bonchev–Trinajstić information content (AvgIpc) is 2.89. The Morgan fingerprint density at radius 3 is 2.46 bits per heavy atom. The van der Waals surface area contributed by atoms with E-state index in [-0.39, 0.29) is 5.41 Å². The second-order valence-electron chi connectivity index (χ2n) is 6.74. The number of fused-ring (bicyclic) bond motifs is 3. The molecule has 1 aliphatic carbocycles. The van der Waals surface area contributed by atoms with Gasteiger partial charge in [0.25, 0.3) is 0 Å². The third-order valence-corrected chi connectivity index (χ3v) is 5.28. The highest BCUT2D eigenvalue weighted by atomic mass is 19.4. The largest absolute Gasteiger partial charge is 0.416 e. The molecule has 0 saturated heterocycles. The van der Waals surface area contributed by atoms with Crippen LogP contribution in [-0.4, -0.2) is 5.71 Å². The van der Waals surface area contributed by atoms with Gasteiger partial charge in [0.15, 0.2) is 0 Å². The zero-order chi connectivity index (χ0) is 16.8. The molecule has 24 heavy (non-hydrogen) atoms. The first-order chi connectivity index (χ1) is 11.5. The molecule has 0 N–H and O–H groups in total. The van der Waals surface area contributed by atoms with Crippen molar-refractivity contribution in [3.8, 4) is 0 Å². The van der Waals surface area contributed by atoms with Crippen LogP contribution in [0.25, 0.3) is 0 Å². The Kier molecular flexibility index (Phi) is 3.52. The van der Waals surface area contributed by atoms with Gasteiger partial charge in [0.05, 0.1) is 11.3 Å². The van der Waals surface area contributed by atoms with E-state index < -0.39 is 11.7 Å². The lowest BCUT2D eigenvalue weighted by atomic mass is 9.66. The standard InChI is InChI=1S/C20H18F3N/c21-20(22,23)15-10-8-14(9-11-15)13-19-12-4-3-7-18(19)24-17-6-2-1-5-16(17)19/h1-2,5-6,8-11H,3-4,7,12-13H2. The van der Waals surface area contributed by atoms with Crippen molar-refractivity contribution in [3.63, 3.8) is 0 Å². The van der Waals surface area contributed by atoms with E-state index in [1.165, 1.54) is 23.4 Å². The van der Waals surface area contributed by atoms with Crippen LogP contribution in [0.15, 0.2) is 53.5 Å². The average molecular weight is 329 g/mol. The maximum absolute atomic E-state index is 12.8. The maximum atomic E-state index is 12.8. The van der Waals surface area contributed by atoms with Crippen LogP contribution in [0.2, 0.25) is 0 Å². The van der Waals surface area contributed by atoms with Crippen molar-refractivity contribution in [2.24, 2.45) is 4.99 Å². The van der Waals surface area contributed by atoms with Crippen molar-refractivity contribution >= 4 is 11.4 Å². The molecular formula is C20H18F3N. The van der Waals surface area contributed by atoms with E-state index in [4.69, 9.17) is 4.99 Å². The number of hydrogen-bond acceptors (Lipinski definition) is 1. The van der Waals surface area contributed by atoms with E-state index in [2.05, 4.69) is 6.07 Å². The summed E-state index contributed by atoms with van der Waals surface area (Å²) in [6.45, 7) is 0. The van der Waals surface area contributed by atoms with Gasteiger partial charge in [-0.1, -0.05) is 36.8 Å². The molecule has 0 aromatic heterocycles. The van der Waals surface area contributed by atoms with E-state index in [9.17, 15) is 13.2 Å². The van der Waals surface area contributed by atoms with E-state index in [1.807, 2.05) is 18.2 Å². The Morgan fingerprint density at radius 2 is 1.71 bits per heavy atom. The van der Waals surface area contributed by atoms with Gasteiger partial charge in [0, 0.05) is 11.1 Å². The molecular weight excluding hydrogens is 311 g/mol. The van der Waals surface area contributed by atoms with Crippen molar-refractivity contribution in [1.82, 2.24) is 0 Å². The summed E-state index contributed by atoms with van der Waals surface area (Å²) in [6, 6.07) is 13.8. The summed E-state index contributed by atoms with van der Waals surface area (Å²) in [4.78, 5) is 4.84. The van der Waals surface area contributed by atoms with Gasteiger partial charge in [0.1, 0.15) is 0 Å². The van der Waals surface area contributed by atoms with Gasteiger partial charge >= 0.3 is 6.18 Å². The minimum Gasteiger partial charge on any atom is -0.257 e. The van der Waals surface area contributed by atoms with Crippen molar-refractivity contribution in [2.75, 3.05) is 0 Å². The lowest BCUT2D eigenvalue weighted by molar-refractivity contribution is -0.137. The monoisotopic (exact) mass is 329 g/mol. The van der Waals surface area contributed by atoms with Crippen LogP contribution >= 0.6 is 0 Å². The van der Waals surface area contributed by atoms with E-state index in [1.54, 1.807) is 12.1 Å². The fraction of sp³-hybridized carbons (Fsp3) is 0.350. The summed E-state index contributed by atoms with van der Waals surface area (Å²) >= 11 is 0. The smallest absolute Gasteiger partial charge is 0.257 e. The molecule has 2 aromatic rings. The van der Waals surface area contributed by atoms with Gasteiger partial charge < -0.3 is 0 Å². The number of rotatable bonds is 2. The molecule has 1 heterocycles. The van der Waals surface area contributed by atoms with E-state index in [0.717, 1.165) is 43.4 Å². The molecule has 4 heteroatoms. The SMILES string of the molecule is FC(F)(F)c1ccc(CC23CCCCC2=Nc2ccccc23)cc1. The zero-order valence-electron chi connectivity index (χ0n) is 13.2. The van der Waals surface area contributed by atoms with Crippen LogP contribution in [0, 0.1) is 0 Å². The second kappa shape index (κ2) is 5.47. The fourth-order valence-corrected chi connectivity index (χ4v) is 4.12. The number of para-hydroxylation sites is 1. The molecule has 0 bridgehead atoms. The Labute approximate surface area is 139 Å². The minimum atomic E-state index is -4.28. The van der Waals surface area contributed by atoms with Crippen LogP contribution in [0.1, 0.15) is 42.4 Å². The summed E-state index contributed by atoms with van der Waals surface area (Å²) in [5, 5.41) is 0. The molecule has 1 saturated carbocycles. The molecule has 1 unspecified atom stereocenters. The van der Waals surface area contributed by atoms with Crippen molar-refractivity contribution in [1.29, 1.82) is 0 Å². The molecule has 2 aliphatic rings. The summed E-state index contributed by atoms with van der Waals surface area (Å²) in [5.74, 6) is 0. The molecule has 1 atom stereocenters. The van der Waals surface area contributed by atoms with Gasteiger partial charge in [-0.15, -0.1) is 0 Å². The maximum Gasteiger partial charge on any atom is 0.416 e. The first kappa shape index (κ1) is 15.4. The fourth-order valence-electron chi connectivity index (χ4n) is 4.12. The predicted octanol–water partition coefficient (Wildman–Crippen LogP) is 5.85. The van der Waals surface area contributed by atoms with E-state index in [0.29, 0.717) is 0 Å².